The number of hydrogen-bond donors (Lipinski definition) is 9. The number of carbonyl (C=O) groups is 1. The molecule has 2 saturated heterocycles. The van der Waals surface area contributed by atoms with Gasteiger partial charge in [0.2, 0.25) is 5.91 Å². The van der Waals surface area contributed by atoms with Gasteiger partial charge in [-0.05, 0) is 51.4 Å². The van der Waals surface area contributed by atoms with Crippen LogP contribution in [0.2, 0.25) is 0 Å². The fourth-order valence-corrected chi connectivity index (χ4v) is 7.78. The van der Waals surface area contributed by atoms with Crippen molar-refractivity contribution in [2.24, 2.45) is 0 Å². The summed E-state index contributed by atoms with van der Waals surface area (Å²) in [5.41, 5.74) is 0. The molecule has 0 aliphatic carbocycles. The molecule has 0 aromatic carbocycles. The molecule has 0 saturated carbocycles. The SMILES string of the molecule is CCC/C=C\CCCCCCCC(=O)NC(COC1OC(CO)C(OC2OC(CO)C(O)C(O)C2O)C(O)C1O)C(O)/C=C/CC/C=C/CCCCCCCCCCCCCC. The summed E-state index contributed by atoms with van der Waals surface area (Å²) in [4.78, 5) is 13.1. The fourth-order valence-electron chi connectivity index (χ4n) is 7.78. The molecule has 2 aliphatic heterocycles. The van der Waals surface area contributed by atoms with E-state index >= 15 is 0 Å². The molecular weight excluding hydrogens is 799 g/mol. The molecule has 62 heavy (non-hydrogen) atoms. The molecule has 0 bridgehead atoms. The first kappa shape index (κ1) is 56.3. The molecule has 0 spiro atoms. The second kappa shape index (κ2) is 35.5. The maximum atomic E-state index is 13.1. The van der Waals surface area contributed by atoms with Gasteiger partial charge >= 0.3 is 0 Å². The quantitative estimate of drug-likeness (QED) is 0.0279. The van der Waals surface area contributed by atoms with Crippen LogP contribution in [-0.2, 0) is 23.7 Å². The van der Waals surface area contributed by atoms with Gasteiger partial charge in [-0.2, -0.15) is 0 Å². The Bertz CT molecular complexity index is 1190. The summed E-state index contributed by atoms with van der Waals surface area (Å²) in [5, 5.41) is 86.5. The molecule has 2 heterocycles. The fraction of sp³-hybridized carbons (Fsp3) is 0.854. The van der Waals surface area contributed by atoms with Crippen LogP contribution < -0.4 is 5.32 Å². The standard InChI is InChI=1S/C48H87NO13/c1-3-5-7-9-11-13-15-16-17-18-19-20-21-22-23-25-27-29-31-37(52)36(49-40(53)32-30-28-26-24-14-12-10-8-6-4-2)35-59-47-45(58)43(56)46(39(34-51)61-47)62-48-44(57)42(55)41(54)38(33-50)60-48/h8,10,22-23,29,31,36-39,41-48,50-52,54-58H,3-7,9,11-21,24-28,30,32-35H2,1-2H3,(H,49,53)/b10-8-,23-22+,31-29+. The average Bonchev–Trinajstić information content (AvgIpc) is 3.27. The van der Waals surface area contributed by atoms with Crippen molar-refractivity contribution in [1.82, 2.24) is 5.32 Å². The highest BCUT2D eigenvalue weighted by molar-refractivity contribution is 5.76. The van der Waals surface area contributed by atoms with E-state index in [1.165, 1.54) is 77.0 Å². The van der Waals surface area contributed by atoms with Crippen LogP contribution in [0.5, 0.6) is 0 Å². The molecule has 14 heteroatoms. The molecule has 14 nitrogen and oxygen atoms in total. The number of unbranched alkanes of at least 4 members (excludes halogenated alkanes) is 19. The Kier molecular flexibility index (Phi) is 32.2. The van der Waals surface area contributed by atoms with E-state index < -0.39 is 86.8 Å². The predicted octanol–water partition coefficient (Wildman–Crippen LogP) is 5.54. The molecule has 2 aliphatic rings. The monoisotopic (exact) mass is 886 g/mol. The van der Waals surface area contributed by atoms with Crippen molar-refractivity contribution >= 4 is 5.91 Å². The number of nitrogens with one attached hydrogen (secondary N) is 1. The van der Waals surface area contributed by atoms with Crippen molar-refractivity contribution in [2.45, 2.75) is 242 Å². The smallest absolute Gasteiger partial charge is 0.220 e. The third kappa shape index (κ3) is 22.9. The summed E-state index contributed by atoms with van der Waals surface area (Å²) in [6.07, 6.45) is 22.0. The topological polar surface area (TPSA) is 228 Å². The summed E-state index contributed by atoms with van der Waals surface area (Å²) in [6, 6.07) is -0.932. The first-order valence-electron chi connectivity index (χ1n) is 24.2. The van der Waals surface area contributed by atoms with Gasteiger partial charge in [0.25, 0.3) is 0 Å². The van der Waals surface area contributed by atoms with Gasteiger partial charge in [0.15, 0.2) is 12.6 Å². The maximum Gasteiger partial charge on any atom is 0.220 e. The van der Waals surface area contributed by atoms with Gasteiger partial charge in [0, 0.05) is 6.42 Å². The molecule has 2 rings (SSSR count). The molecule has 2 fully saturated rings. The van der Waals surface area contributed by atoms with Crippen molar-refractivity contribution in [2.75, 3.05) is 19.8 Å². The van der Waals surface area contributed by atoms with Crippen LogP contribution in [0.3, 0.4) is 0 Å². The Labute approximate surface area is 372 Å². The predicted molar refractivity (Wildman–Crippen MR) is 240 cm³/mol. The van der Waals surface area contributed by atoms with E-state index in [4.69, 9.17) is 18.9 Å². The molecule has 362 valence electrons. The molecule has 0 aromatic heterocycles. The average molecular weight is 886 g/mol. The van der Waals surface area contributed by atoms with E-state index in [1.807, 2.05) is 6.08 Å². The summed E-state index contributed by atoms with van der Waals surface area (Å²) in [5.74, 6) is -0.263. The van der Waals surface area contributed by atoms with Gasteiger partial charge in [-0.25, -0.2) is 0 Å². The van der Waals surface area contributed by atoms with E-state index in [0.29, 0.717) is 12.8 Å². The van der Waals surface area contributed by atoms with Crippen molar-refractivity contribution in [3.8, 4) is 0 Å². The van der Waals surface area contributed by atoms with E-state index in [9.17, 15) is 45.6 Å². The lowest BCUT2D eigenvalue weighted by Gasteiger charge is -2.46. The minimum Gasteiger partial charge on any atom is -0.394 e. The zero-order valence-corrected chi connectivity index (χ0v) is 38.1. The number of aliphatic hydroxyl groups is 8. The van der Waals surface area contributed by atoms with Gasteiger partial charge in [-0.1, -0.05) is 147 Å². The van der Waals surface area contributed by atoms with Gasteiger partial charge in [-0.3, -0.25) is 4.79 Å². The summed E-state index contributed by atoms with van der Waals surface area (Å²) in [7, 11) is 0. The van der Waals surface area contributed by atoms with Gasteiger partial charge in [-0.15, -0.1) is 0 Å². The number of hydrogen-bond acceptors (Lipinski definition) is 13. The Morgan fingerprint density at radius 3 is 1.65 bits per heavy atom. The minimum absolute atomic E-state index is 0.262. The van der Waals surface area contributed by atoms with Gasteiger partial charge in [0.1, 0.15) is 48.8 Å². The molecule has 1 amide bonds. The van der Waals surface area contributed by atoms with Gasteiger partial charge < -0.3 is 65.1 Å². The van der Waals surface area contributed by atoms with E-state index in [2.05, 4.69) is 43.5 Å². The summed E-state index contributed by atoms with van der Waals surface area (Å²) in [6.45, 7) is 2.68. The number of carbonyl (C=O) groups excluding carboxylic acids is 1. The van der Waals surface area contributed by atoms with Crippen LogP contribution in [0.1, 0.15) is 168 Å². The zero-order valence-electron chi connectivity index (χ0n) is 38.1. The van der Waals surface area contributed by atoms with Crippen molar-refractivity contribution in [3.05, 3.63) is 36.5 Å². The molecule has 12 unspecified atom stereocenters. The van der Waals surface area contributed by atoms with Crippen LogP contribution >= 0.6 is 0 Å². The molecule has 0 aromatic rings. The molecule has 0 radical (unpaired) electrons. The third-order valence-electron chi connectivity index (χ3n) is 11.8. The second-order valence-corrected chi connectivity index (χ2v) is 17.2. The highest BCUT2D eigenvalue weighted by atomic mass is 16.7. The lowest BCUT2D eigenvalue weighted by atomic mass is 9.97. The minimum atomic E-state index is -1.79. The van der Waals surface area contributed by atoms with Gasteiger partial charge in [0.05, 0.1) is 32.0 Å². The molecular formula is C48H87NO13. The first-order valence-corrected chi connectivity index (χ1v) is 24.2. The van der Waals surface area contributed by atoms with Crippen molar-refractivity contribution < 1.29 is 64.6 Å². The number of rotatable bonds is 36. The van der Waals surface area contributed by atoms with Crippen molar-refractivity contribution in [3.63, 3.8) is 0 Å². The van der Waals surface area contributed by atoms with E-state index in [0.717, 1.165) is 57.8 Å². The Morgan fingerprint density at radius 1 is 0.565 bits per heavy atom. The summed E-state index contributed by atoms with van der Waals surface area (Å²) >= 11 is 0. The number of ether oxygens (including phenoxy) is 4. The number of amides is 1. The first-order chi connectivity index (χ1) is 30.1. The lowest BCUT2D eigenvalue weighted by molar-refractivity contribution is -0.359. The molecule has 12 atom stereocenters. The number of allylic oxidation sites excluding steroid dienone is 5. The van der Waals surface area contributed by atoms with Crippen LogP contribution in [-0.4, -0.2) is 140 Å². The Morgan fingerprint density at radius 2 is 1.06 bits per heavy atom. The van der Waals surface area contributed by atoms with E-state index in [-0.39, 0.29) is 18.9 Å². The van der Waals surface area contributed by atoms with Crippen LogP contribution in [0.15, 0.2) is 36.5 Å². The van der Waals surface area contributed by atoms with Crippen LogP contribution in [0.25, 0.3) is 0 Å². The zero-order chi connectivity index (χ0) is 45.4. The normalized spacial score (nSPS) is 28.0. The second-order valence-electron chi connectivity index (χ2n) is 17.2. The van der Waals surface area contributed by atoms with Crippen LogP contribution in [0, 0.1) is 0 Å². The maximum absolute atomic E-state index is 13.1. The van der Waals surface area contributed by atoms with E-state index in [1.54, 1.807) is 6.08 Å². The number of aliphatic hydroxyl groups excluding tert-OH is 8. The Balaban J connectivity index is 1.88. The highest BCUT2D eigenvalue weighted by Crippen LogP contribution is 2.30. The summed E-state index contributed by atoms with van der Waals surface area (Å²) < 4.78 is 22.6. The van der Waals surface area contributed by atoms with Crippen molar-refractivity contribution in [1.29, 1.82) is 0 Å². The third-order valence-corrected chi connectivity index (χ3v) is 11.8. The molecule has 9 N–H and O–H groups in total. The largest absolute Gasteiger partial charge is 0.394 e. The lowest BCUT2D eigenvalue weighted by Crippen LogP contribution is -2.65. The highest BCUT2D eigenvalue weighted by Gasteiger charge is 2.51. The van der Waals surface area contributed by atoms with Crippen LogP contribution in [0.4, 0.5) is 0 Å². The Hall–Kier alpha value is -1.79.